The number of carbonyl (C=O) groups excluding carboxylic acids is 2. The van der Waals surface area contributed by atoms with Gasteiger partial charge in [0.2, 0.25) is 5.91 Å². The number of hydrogen-bond acceptors (Lipinski definition) is 5. The van der Waals surface area contributed by atoms with E-state index in [2.05, 4.69) is 16.2 Å². The fraction of sp³-hybridized carbons (Fsp3) is 0.167. The van der Waals surface area contributed by atoms with E-state index in [0.717, 1.165) is 16.0 Å². The van der Waals surface area contributed by atoms with E-state index < -0.39 is 11.8 Å². The monoisotopic (exact) mass is 389 g/mol. The van der Waals surface area contributed by atoms with Crippen molar-refractivity contribution in [2.24, 2.45) is 0 Å². The lowest BCUT2D eigenvalue weighted by atomic mass is 10.1. The van der Waals surface area contributed by atoms with Crippen LogP contribution in [-0.4, -0.2) is 23.5 Å². The van der Waals surface area contributed by atoms with Crippen LogP contribution in [0.2, 0.25) is 0 Å². The minimum Gasteiger partial charge on any atom is -0.483 e. The maximum absolute atomic E-state index is 11.8. The first-order chi connectivity index (χ1) is 12.4. The number of hydrogen-bond donors (Lipinski definition) is 3. The zero-order chi connectivity index (χ0) is 18.9. The van der Waals surface area contributed by atoms with Crippen molar-refractivity contribution in [3.05, 3.63) is 57.8 Å². The molecule has 2 amide bonds. The molecule has 6 nitrogen and oxygen atoms in total. The van der Waals surface area contributed by atoms with Crippen LogP contribution in [0.4, 0.5) is 0 Å². The number of benzene rings is 1. The minimum absolute atomic E-state index is 0.00861. The fourth-order valence-electron chi connectivity index (χ4n) is 2.00. The number of hydrazine groups is 1. The van der Waals surface area contributed by atoms with Crippen LogP contribution in [0.3, 0.4) is 0 Å². The predicted octanol–water partition coefficient (Wildman–Crippen LogP) is 2.48. The van der Waals surface area contributed by atoms with Gasteiger partial charge in [-0.25, -0.2) is 0 Å². The topological polar surface area (TPSA) is 79.5 Å². The molecule has 0 bridgehead atoms. The lowest BCUT2D eigenvalue weighted by molar-refractivity contribution is -0.123. The highest BCUT2D eigenvalue weighted by Crippen LogP contribution is 2.18. The van der Waals surface area contributed by atoms with Crippen molar-refractivity contribution < 1.29 is 14.3 Å². The van der Waals surface area contributed by atoms with Crippen LogP contribution in [0.15, 0.2) is 41.8 Å². The zero-order valence-electron chi connectivity index (χ0n) is 14.4. The number of ether oxygens (including phenoxy) is 1. The molecule has 0 spiro atoms. The van der Waals surface area contributed by atoms with Crippen LogP contribution < -0.4 is 20.9 Å². The molecule has 26 heavy (non-hydrogen) atoms. The van der Waals surface area contributed by atoms with Crippen LogP contribution in [0, 0.1) is 13.8 Å². The highest BCUT2D eigenvalue weighted by Gasteiger charge is 2.06. The molecule has 0 atom stereocenters. The minimum atomic E-state index is -0.421. The summed E-state index contributed by atoms with van der Waals surface area (Å²) in [6, 6.07) is 9.48. The molecule has 3 N–H and O–H groups in total. The first kappa shape index (κ1) is 19.6. The molecular weight excluding hydrogens is 370 g/mol. The molecule has 0 radical (unpaired) electrons. The van der Waals surface area contributed by atoms with E-state index in [4.69, 9.17) is 17.0 Å². The number of amides is 2. The number of rotatable bonds is 5. The Kier molecular flexibility index (Phi) is 7.31. The summed E-state index contributed by atoms with van der Waals surface area (Å²) < 4.78 is 5.45. The molecule has 0 fully saturated rings. The molecule has 0 saturated heterocycles. The fourth-order valence-corrected chi connectivity index (χ4v) is 2.77. The van der Waals surface area contributed by atoms with E-state index in [1.807, 2.05) is 49.6 Å². The number of nitrogens with one attached hydrogen (secondary N) is 3. The predicted molar refractivity (Wildman–Crippen MR) is 107 cm³/mol. The molecule has 2 aromatic rings. The Morgan fingerprint density at radius 3 is 2.73 bits per heavy atom. The van der Waals surface area contributed by atoms with Crippen molar-refractivity contribution in [2.45, 2.75) is 13.8 Å². The maximum Gasteiger partial charge on any atom is 0.276 e. The summed E-state index contributed by atoms with van der Waals surface area (Å²) in [5.74, 6) is -0.173. The first-order valence-corrected chi connectivity index (χ1v) is 9.04. The van der Waals surface area contributed by atoms with E-state index in [-0.39, 0.29) is 11.7 Å². The second kappa shape index (κ2) is 9.69. The molecule has 1 aromatic heterocycles. The molecular formula is C18H19N3O3S2. The van der Waals surface area contributed by atoms with Gasteiger partial charge in [0, 0.05) is 11.0 Å². The number of thiophene rings is 1. The van der Waals surface area contributed by atoms with Gasteiger partial charge in [-0.3, -0.25) is 25.8 Å². The molecule has 0 saturated carbocycles. The Bertz CT molecular complexity index is 817. The van der Waals surface area contributed by atoms with Gasteiger partial charge in [0.25, 0.3) is 5.91 Å². The molecule has 0 aliphatic heterocycles. The van der Waals surface area contributed by atoms with E-state index in [9.17, 15) is 9.59 Å². The van der Waals surface area contributed by atoms with Crippen molar-refractivity contribution in [1.82, 2.24) is 16.2 Å². The zero-order valence-corrected chi connectivity index (χ0v) is 16.0. The third kappa shape index (κ3) is 6.66. The molecule has 0 aliphatic carbocycles. The van der Waals surface area contributed by atoms with Gasteiger partial charge in [-0.2, -0.15) is 0 Å². The van der Waals surface area contributed by atoms with Crippen molar-refractivity contribution in [1.29, 1.82) is 0 Å². The van der Waals surface area contributed by atoms with Gasteiger partial charge in [0.1, 0.15) is 5.75 Å². The largest absolute Gasteiger partial charge is 0.483 e. The lowest BCUT2D eigenvalue weighted by Gasteiger charge is -2.12. The SMILES string of the molecule is Cc1ccc(OCC(=O)NNC(=S)NC(=O)/C=C/c2cccs2)c(C)c1. The number of aryl methyl sites for hydroxylation is 2. The average molecular weight is 390 g/mol. The van der Waals surface area contributed by atoms with Crippen molar-refractivity contribution in [3.63, 3.8) is 0 Å². The van der Waals surface area contributed by atoms with E-state index in [1.54, 1.807) is 6.08 Å². The Balaban J connectivity index is 1.69. The molecule has 2 rings (SSSR count). The molecule has 136 valence electrons. The standard InChI is InChI=1S/C18H19N3O3S2/c1-12-5-7-15(13(2)10-12)24-11-17(23)20-21-18(25)19-16(22)8-6-14-4-3-9-26-14/h3-10H,11H2,1-2H3,(H,20,23)(H2,19,21,22,25)/b8-6+. The van der Waals surface area contributed by atoms with E-state index in [0.29, 0.717) is 5.75 Å². The lowest BCUT2D eigenvalue weighted by Crippen LogP contribution is -2.49. The second-order valence-corrected chi connectivity index (χ2v) is 6.79. The molecule has 1 heterocycles. The van der Waals surface area contributed by atoms with E-state index >= 15 is 0 Å². The van der Waals surface area contributed by atoms with Gasteiger partial charge < -0.3 is 4.74 Å². The Hall–Kier alpha value is -2.71. The third-order valence-corrected chi connectivity index (χ3v) is 4.23. The Labute approximate surface area is 161 Å². The highest BCUT2D eigenvalue weighted by molar-refractivity contribution is 7.80. The molecule has 8 heteroatoms. The number of carbonyl (C=O) groups is 2. The van der Waals surface area contributed by atoms with Gasteiger partial charge >= 0.3 is 0 Å². The second-order valence-electron chi connectivity index (χ2n) is 5.40. The van der Waals surface area contributed by atoms with Gasteiger partial charge in [-0.1, -0.05) is 23.8 Å². The summed E-state index contributed by atoms with van der Waals surface area (Å²) in [7, 11) is 0. The van der Waals surface area contributed by atoms with Gasteiger partial charge in [0.05, 0.1) is 0 Å². The Morgan fingerprint density at radius 1 is 1.23 bits per heavy atom. The van der Waals surface area contributed by atoms with Gasteiger partial charge in [0.15, 0.2) is 11.7 Å². The quantitative estimate of drug-likeness (QED) is 0.416. The molecule has 1 aromatic carbocycles. The third-order valence-electron chi connectivity index (χ3n) is 3.18. The van der Waals surface area contributed by atoms with Gasteiger partial charge in [-0.15, -0.1) is 11.3 Å². The van der Waals surface area contributed by atoms with Crippen LogP contribution in [0.5, 0.6) is 5.75 Å². The van der Waals surface area contributed by atoms with Crippen LogP contribution in [0.25, 0.3) is 6.08 Å². The van der Waals surface area contributed by atoms with Crippen molar-refractivity contribution in [2.75, 3.05) is 6.61 Å². The summed E-state index contributed by atoms with van der Waals surface area (Å²) in [5.41, 5.74) is 6.89. The smallest absolute Gasteiger partial charge is 0.276 e. The summed E-state index contributed by atoms with van der Waals surface area (Å²) in [5, 5.41) is 4.34. The normalized spacial score (nSPS) is 10.4. The summed E-state index contributed by atoms with van der Waals surface area (Å²) in [6.07, 6.45) is 3.05. The maximum atomic E-state index is 11.8. The van der Waals surface area contributed by atoms with Crippen molar-refractivity contribution >= 4 is 46.6 Å². The van der Waals surface area contributed by atoms with E-state index in [1.165, 1.54) is 17.4 Å². The molecule has 0 aliphatic rings. The highest BCUT2D eigenvalue weighted by atomic mass is 32.1. The number of thiocarbonyl (C=S) groups is 1. The Morgan fingerprint density at radius 2 is 2.04 bits per heavy atom. The van der Waals surface area contributed by atoms with Gasteiger partial charge in [-0.05, 0) is 55.2 Å². The summed E-state index contributed by atoms with van der Waals surface area (Å²) >= 11 is 6.46. The van der Waals surface area contributed by atoms with Crippen molar-refractivity contribution in [3.8, 4) is 5.75 Å². The van der Waals surface area contributed by atoms with Crippen LogP contribution >= 0.6 is 23.6 Å². The summed E-state index contributed by atoms with van der Waals surface area (Å²) in [6.45, 7) is 3.72. The first-order valence-electron chi connectivity index (χ1n) is 7.75. The average Bonchev–Trinajstić information content (AvgIpc) is 3.11. The molecule has 0 unspecified atom stereocenters. The van der Waals surface area contributed by atoms with Crippen LogP contribution in [-0.2, 0) is 9.59 Å². The summed E-state index contributed by atoms with van der Waals surface area (Å²) in [4.78, 5) is 24.4. The van der Waals surface area contributed by atoms with Crippen LogP contribution in [0.1, 0.15) is 16.0 Å².